The Balaban J connectivity index is 1.96. The second kappa shape index (κ2) is 6.43. The van der Waals surface area contributed by atoms with E-state index in [0.717, 1.165) is 29.7 Å². The fourth-order valence-electron chi connectivity index (χ4n) is 4.70. The molecule has 2 aromatic rings. The fraction of sp³-hybridized carbons (Fsp3) is 0.429. The molecule has 27 heavy (non-hydrogen) atoms. The zero-order valence-electron chi connectivity index (χ0n) is 15.7. The highest BCUT2D eigenvalue weighted by Crippen LogP contribution is 2.51. The summed E-state index contributed by atoms with van der Waals surface area (Å²) in [4.78, 5) is 13.6. The monoisotopic (exact) mass is 362 g/mol. The predicted octanol–water partition coefficient (Wildman–Crippen LogP) is 2.83. The largest absolute Gasteiger partial charge is 0.481 e. The van der Waals surface area contributed by atoms with Gasteiger partial charge in [-0.1, -0.05) is 19.9 Å². The number of aromatic nitrogens is 3. The number of nitriles is 1. The highest BCUT2D eigenvalue weighted by molar-refractivity contribution is 5.58. The van der Waals surface area contributed by atoms with Gasteiger partial charge in [-0.25, -0.2) is 4.98 Å². The summed E-state index contributed by atoms with van der Waals surface area (Å²) < 4.78 is 5.60. The molecular formula is C21H22N4O2. The number of fused-ring (bicyclic) bond motifs is 3. The minimum Gasteiger partial charge on any atom is -0.481 e. The van der Waals surface area contributed by atoms with Crippen molar-refractivity contribution in [2.45, 2.75) is 38.2 Å². The van der Waals surface area contributed by atoms with E-state index in [1.807, 2.05) is 25.1 Å². The molecule has 138 valence electrons. The third-order valence-corrected chi connectivity index (χ3v) is 6.12. The molecule has 1 N–H and O–H groups in total. The van der Waals surface area contributed by atoms with E-state index >= 15 is 0 Å². The topological polar surface area (TPSA) is 91.9 Å². The van der Waals surface area contributed by atoms with Gasteiger partial charge < -0.3 is 9.84 Å². The molecule has 4 atom stereocenters. The van der Waals surface area contributed by atoms with Crippen molar-refractivity contribution >= 4 is 0 Å². The van der Waals surface area contributed by atoms with Crippen LogP contribution in [-0.2, 0) is 11.8 Å². The molecule has 0 fully saturated rings. The summed E-state index contributed by atoms with van der Waals surface area (Å²) in [6.07, 6.45) is 6.29. The second-order valence-corrected chi connectivity index (χ2v) is 7.56. The number of aliphatic hydroxyl groups is 1. The maximum Gasteiger partial charge on any atom is 0.220 e. The Labute approximate surface area is 158 Å². The molecule has 2 aliphatic rings. The van der Waals surface area contributed by atoms with Gasteiger partial charge in [-0.3, -0.25) is 4.98 Å². The van der Waals surface area contributed by atoms with E-state index in [1.165, 1.54) is 0 Å². The number of pyridine rings is 1. The van der Waals surface area contributed by atoms with Gasteiger partial charge in [0.2, 0.25) is 5.88 Å². The summed E-state index contributed by atoms with van der Waals surface area (Å²) in [5, 5.41) is 20.0. The van der Waals surface area contributed by atoms with Crippen molar-refractivity contribution in [1.82, 2.24) is 15.0 Å². The smallest absolute Gasteiger partial charge is 0.220 e. The van der Waals surface area contributed by atoms with E-state index in [2.05, 4.69) is 23.0 Å². The molecule has 0 spiro atoms. The maximum absolute atomic E-state index is 10.5. The quantitative estimate of drug-likeness (QED) is 0.883. The molecular weight excluding hydrogens is 340 g/mol. The first-order chi connectivity index (χ1) is 13.0. The average Bonchev–Trinajstić information content (AvgIpc) is 2.70. The maximum atomic E-state index is 10.5. The number of aliphatic hydroxyl groups excluding tert-OH is 1. The van der Waals surface area contributed by atoms with Gasteiger partial charge in [0.15, 0.2) is 5.82 Å². The molecule has 6 nitrogen and oxygen atoms in total. The third-order valence-electron chi connectivity index (χ3n) is 6.12. The van der Waals surface area contributed by atoms with Gasteiger partial charge in [0.1, 0.15) is 0 Å². The van der Waals surface area contributed by atoms with Crippen LogP contribution < -0.4 is 4.74 Å². The summed E-state index contributed by atoms with van der Waals surface area (Å²) in [5.41, 5.74) is 2.72. The number of hydrogen-bond acceptors (Lipinski definition) is 6. The Hall–Kier alpha value is -2.78. The molecule has 6 heteroatoms. The predicted molar refractivity (Wildman–Crippen MR) is 99.8 cm³/mol. The molecule has 0 aromatic carbocycles. The number of nitrogens with zero attached hydrogens (tertiary/aromatic N) is 4. The van der Waals surface area contributed by atoms with Crippen LogP contribution >= 0.6 is 0 Å². The van der Waals surface area contributed by atoms with Crippen LogP contribution in [0.2, 0.25) is 0 Å². The Morgan fingerprint density at radius 3 is 2.70 bits per heavy atom. The second-order valence-electron chi connectivity index (χ2n) is 7.56. The molecule has 2 aliphatic carbocycles. The van der Waals surface area contributed by atoms with Crippen LogP contribution in [0, 0.1) is 23.2 Å². The van der Waals surface area contributed by atoms with Gasteiger partial charge in [-0.15, -0.1) is 0 Å². The summed E-state index contributed by atoms with van der Waals surface area (Å²) in [6.45, 7) is 4.13. The van der Waals surface area contributed by atoms with Crippen LogP contribution in [0.1, 0.15) is 31.5 Å². The van der Waals surface area contributed by atoms with Crippen molar-refractivity contribution in [1.29, 1.82) is 5.26 Å². The lowest BCUT2D eigenvalue weighted by Crippen LogP contribution is -2.47. The molecule has 2 heterocycles. The first-order valence-electron chi connectivity index (χ1n) is 9.16. The van der Waals surface area contributed by atoms with E-state index < -0.39 is 11.5 Å². The van der Waals surface area contributed by atoms with Crippen molar-refractivity contribution < 1.29 is 9.84 Å². The molecule has 0 saturated carbocycles. The van der Waals surface area contributed by atoms with Crippen molar-refractivity contribution in [2.24, 2.45) is 11.8 Å². The Morgan fingerprint density at radius 2 is 2.04 bits per heavy atom. The number of allylic oxidation sites excluding steroid dienone is 1. The standard InChI is InChI=1S/C21H22N4O2/c1-12-16-5-4-15-18(21(16,2)10-14(11-22)17(12)26)24-19(25-20(15)27-3)13-6-8-23-9-7-13/h6-10,12,16-17,26H,4-5H2,1-3H3/t12-,16-,17?,21-/m0/s1. The first kappa shape index (κ1) is 17.6. The lowest BCUT2D eigenvalue weighted by Gasteiger charge is -2.47. The van der Waals surface area contributed by atoms with Crippen LogP contribution in [0.4, 0.5) is 0 Å². The van der Waals surface area contributed by atoms with Crippen molar-refractivity contribution in [3.8, 4) is 23.3 Å². The van der Waals surface area contributed by atoms with Crippen LogP contribution in [0.25, 0.3) is 11.4 Å². The van der Waals surface area contributed by atoms with Crippen LogP contribution in [-0.4, -0.2) is 33.3 Å². The number of ether oxygens (including phenoxy) is 1. The van der Waals surface area contributed by atoms with Gasteiger partial charge >= 0.3 is 0 Å². The van der Waals surface area contributed by atoms with Crippen LogP contribution in [0.15, 0.2) is 36.2 Å². The van der Waals surface area contributed by atoms with Gasteiger partial charge in [0, 0.05) is 28.9 Å². The summed E-state index contributed by atoms with van der Waals surface area (Å²) in [7, 11) is 1.62. The Morgan fingerprint density at radius 1 is 1.30 bits per heavy atom. The Bertz CT molecular complexity index is 951. The van der Waals surface area contributed by atoms with Crippen LogP contribution in [0.5, 0.6) is 5.88 Å². The number of hydrogen-bond donors (Lipinski definition) is 1. The Kier molecular flexibility index (Phi) is 4.20. The van der Waals surface area contributed by atoms with Gasteiger partial charge in [-0.2, -0.15) is 10.2 Å². The van der Waals surface area contributed by atoms with Gasteiger partial charge in [0.25, 0.3) is 0 Å². The van der Waals surface area contributed by atoms with E-state index in [-0.39, 0.29) is 11.8 Å². The first-order valence-corrected chi connectivity index (χ1v) is 9.16. The highest BCUT2D eigenvalue weighted by Gasteiger charge is 2.49. The molecule has 0 saturated heterocycles. The summed E-state index contributed by atoms with van der Waals surface area (Å²) in [5.74, 6) is 1.34. The van der Waals surface area contributed by atoms with Crippen molar-refractivity contribution in [3.05, 3.63) is 47.4 Å². The summed E-state index contributed by atoms with van der Waals surface area (Å²) in [6, 6.07) is 5.91. The van der Waals surface area contributed by atoms with Crippen molar-refractivity contribution in [3.63, 3.8) is 0 Å². The van der Waals surface area contributed by atoms with E-state index in [9.17, 15) is 10.4 Å². The van der Waals surface area contributed by atoms with Crippen LogP contribution in [0.3, 0.4) is 0 Å². The zero-order chi connectivity index (χ0) is 19.2. The molecule has 4 rings (SSSR count). The fourth-order valence-corrected chi connectivity index (χ4v) is 4.70. The number of rotatable bonds is 2. The third kappa shape index (κ3) is 2.62. The van der Waals surface area contributed by atoms with E-state index in [1.54, 1.807) is 19.5 Å². The lowest BCUT2D eigenvalue weighted by molar-refractivity contribution is 0.0664. The molecule has 0 amide bonds. The molecule has 2 aromatic heterocycles. The highest BCUT2D eigenvalue weighted by atomic mass is 16.5. The minimum atomic E-state index is -0.724. The van der Waals surface area contributed by atoms with Crippen molar-refractivity contribution in [2.75, 3.05) is 7.11 Å². The van der Waals surface area contributed by atoms with E-state index in [4.69, 9.17) is 9.72 Å². The SMILES string of the molecule is COc1nc(-c2ccncc2)nc2c1CC[C@H]1[C@H](C)C(O)C(C#N)=C[C@]21C. The van der Waals surface area contributed by atoms with Gasteiger partial charge in [0.05, 0.1) is 30.6 Å². The molecule has 0 bridgehead atoms. The van der Waals surface area contributed by atoms with E-state index in [0.29, 0.717) is 17.3 Å². The molecule has 0 radical (unpaired) electrons. The average molecular weight is 362 g/mol. The zero-order valence-corrected chi connectivity index (χ0v) is 15.7. The van der Waals surface area contributed by atoms with Gasteiger partial charge in [-0.05, 0) is 36.8 Å². The molecule has 0 aliphatic heterocycles. The normalized spacial score (nSPS) is 29.1. The molecule has 1 unspecified atom stereocenters. The summed E-state index contributed by atoms with van der Waals surface area (Å²) >= 11 is 0. The number of methoxy groups -OCH3 is 1. The minimum absolute atomic E-state index is 0.0202. The lowest BCUT2D eigenvalue weighted by atomic mass is 9.57.